The molecule has 4 rings (SSSR count). The number of thiazole rings is 2. The third-order valence-corrected chi connectivity index (χ3v) is 13.3. The van der Waals surface area contributed by atoms with Crippen LogP contribution in [0.4, 0.5) is 5.82 Å². The van der Waals surface area contributed by atoms with E-state index in [2.05, 4.69) is 74.3 Å². The summed E-state index contributed by atoms with van der Waals surface area (Å²) in [7, 11) is 0.302. The molecule has 8 atom stereocenters. The molecule has 0 saturated carbocycles. The molecular formula is C41H62N15O9S3+. The number of imidazole rings is 1. The summed E-state index contributed by atoms with van der Waals surface area (Å²) in [5, 5.41) is 53.8. The summed E-state index contributed by atoms with van der Waals surface area (Å²) in [5.41, 5.74) is 17.9. The van der Waals surface area contributed by atoms with Crippen molar-refractivity contribution in [3.8, 4) is 10.7 Å². The number of nitrogens with two attached hydrogens (primary N) is 3. The second-order valence-corrected chi connectivity index (χ2v) is 20.3. The van der Waals surface area contributed by atoms with E-state index in [-0.39, 0.29) is 60.6 Å². The molecule has 24 nitrogen and oxygen atoms in total. The number of aromatic nitrogens is 6. The summed E-state index contributed by atoms with van der Waals surface area (Å²) in [6.45, 7) is 6.60. The van der Waals surface area contributed by atoms with Crippen LogP contribution < -0.4 is 49.1 Å². The second-order valence-electron chi connectivity index (χ2n) is 16.1. The zero-order valence-electron chi connectivity index (χ0n) is 38.6. The number of H-pyrrole nitrogens is 1. The number of anilines is 1. The Morgan fingerprint density at radius 1 is 0.853 bits per heavy atom. The number of aliphatic hydroxyl groups excluding tert-OH is 3. The predicted octanol–water partition coefficient (Wildman–Crippen LogP) is -2.31. The van der Waals surface area contributed by atoms with Crippen LogP contribution >= 0.6 is 22.7 Å². The van der Waals surface area contributed by atoms with Gasteiger partial charge in [-0.3, -0.25) is 28.8 Å². The summed E-state index contributed by atoms with van der Waals surface area (Å²) in [6.07, 6.45) is 3.05. The molecule has 0 aliphatic carbocycles. The van der Waals surface area contributed by atoms with E-state index in [0.29, 0.717) is 45.3 Å². The Bertz CT molecular complexity index is 2330. The van der Waals surface area contributed by atoms with Gasteiger partial charge in [-0.15, -0.1) is 22.7 Å². The number of nitrogen functional groups attached to an aromatic ring is 1. The van der Waals surface area contributed by atoms with Gasteiger partial charge >= 0.3 is 0 Å². The SMILES string of the molecule is Cc1c(N)nc([C@H](CC(N)=O)NCCN)nc1C(=O)N[C@H](C(=O)N[C@H](C)[C@@H](O)[C@H](C)C(=O)N[C@H](C(=O)NCCc1nc(-c2nc(C(=O)NCCC[S+](C)C)cs2)cs1)[C@@H](C)O)[C@@H](O)c1cnc[nH]1. The van der Waals surface area contributed by atoms with Crippen molar-refractivity contribution in [2.24, 2.45) is 17.4 Å². The fourth-order valence-electron chi connectivity index (χ4n) is 6.50. The van der Waals surface area contributed by atoms with Gasteiger partial charge in [0, 0.05) is 61.8 Å². The Hall–Kier alpha value is -5.68. The summed E-state index contributed by atoms with van der Waals surface area (Å²) < 4.78 is 0. The Labute approximate surface area is 403 Å². The Morgan fingerprint density at radius 2 is 1.59 bits per heavy atom. The number of primary amides is 1. The van der Waals surface area contributed by atoms with Crippen molar-refractivity contribution in [2.45, 2.75) is 89.4 Å². The van der Waals surface area contributed by atoms with Crippen LogP contribution in [0, 0.1) is 12.8 Å². The molecule has 0 radical (unpaired) electrons. The molecule has 0 fully saturated rings. The average molecular weight is 1010 g/mol. The van der Waals surface area contributed by atoms with Crippen LogP contribution in [0.3, 0.4) is 0 Å². The molecule has 0 aliphatic rings. The monoisotopic (exact) mass is 1000 g/mol. The normalized spacial score (nSPS) is 15.0. The van der Waals surface area contributed by atoms with Gasteiger partial charge in [0.1, 0.15) is 57.7 Å². The highest BCUT2D eigenvalue weighted by atomic mass is 32.2. The van der Waals surface area contributed by atoms with Gasteiger partial charge in [0.15, 0.2) is 0 Å². The second kappa shape index (κ2) is 26.2. The third kappa shape index (κ3) is 15.7. The van der Waals surface area contributed by atoms with Crippen molar-refractivity contribution in [3.63, 3.8) is 0 Å². The minimum Gasteiger partial charge on any atom is -0.391 e. The van der Waals surface area contributed by atoms with Gasteiger partial charge < -0.3 is 69.4 Å². The lowest BCUT2D eigenvalue weighted by Crippen LogP contribution is -2.57. The smallest absolute Gasteiger partial charge is 0.271 e. The van der Waals surface area contributed by atoms with Crippen molar-refractivity contribution in [2.75, 3.05) is 50.2 Å². The fourth-order valence-corrected chi connectivity index (χ4v) is 8.84. The molecule has 372 valence electrons. The zero-order chi connectivity index (χ0) is 50.2. The maximum Gasteiger partial charge on any atom is 0.271 e. The van der Waals surface area contributed by atoms with Gasteiger partial charge in [-0.25, -0.2) is 24.9 Å². The molecule has 4 aromatic heterocycles. The number of amides is 6. The van der Waals surface area contributed by atoms with E-state index >= 15 is 0 Å². The molecule has 4 heterocycles. The maximum absolute atomic E-state index is 13.9. The molecule has 0 aliphatic heterocycles. The molecule has 6 amide bonds. The topological polar surface area (TPSA) is 394 Å². The van der Waals surface area contributed by atoms with Crippen LogP contribution in [-0.2, 0) is 36.5 Å². The number of carbonyl (C=O) groups excluding carboxylic acids is 6. The van der Waals surface area contributed by atoms with Gasteiger partial charge in [0.25, 0.3) is 11.8 Å². The lowest BCUT2D eigenvalue weighted by atomic mass is 9.96. The number of aromatic amines is 1. The number of hydrogen-bond donors (Lipinski definition) is 13. The number of nitrogens with zero attached hydrogens (tertiary/aromatic N) is 5. The van der Waals surface area contributed by atoms with Gasteiger partial charge in [0.2, 0.25) is 23.6 Å². The van der Waals surface area contributed by atoms with Crippen molar-refractivity contribution in [1.82, 2.24) is 61.8 Å². The van der Waals surface area contributed by atoms with Crippen LogP contribution in [0.5, 0.6) is 0 Å². The largest absolute Gasteiger partial charge is 0.391 e. The molecular weight excluding hydrogens is 943 g/mol. The van der Waals surface area contributed by atoms with E-state index in [9.17, 15) is 44.1 Å². The van der Waals surface area contributed by atoms with Gasteiger partial charge in [-0.1, -0.05) is 6.92 Å². The lowest BCUT2D eigenvalue weighted by molar-refractivity contribution is -0.136. The van der Waals surface area contributed by atoms with Crippen molar-refractivity contribution >= 4 is 74.8 Å². The van der Waals surface area contributed by atoms with Crippen molar-refractivity contribution in [1.29, 1.82) is 0 Å². The summed E-state index contributed by atoms with van der Waals surface area (Å²) >= 11 is 2.64. The Kier molecular flexibility index (Phi) is 21.1. The first-order valence-electron chi connectivity index (χ1n) is 21.5. The highest BCUT2D eigenvalue weighted by molar-refractivity contribution is 7.95. The van der Waals surface area contributed by atoms with Gasteiger partial charge in [-0.2, -0.15) is 0 Å². The summed E-state index contributed by atoms with van der Waals surface area (Å²) in [4.78, 5) is 103. The zero-order valence-corrected chi connectivity index (χ0v) is 41.0. The predicted molar refractivity (Wildman–Crippen MR) is 257 cm³/mol. The quantitative estimate of drug-likeness (QED) is 0.0220. The molecule has 0 aromatic carbocycles. The first-order valence-corrected chi connectivity index (χ1v) is 25.5. The molecule has 0 saturated heterocycles. The third-order valence-electron chi connectivity index (χ3n) is 10.4. The van der Waals surface area contributed by atoms with Crippen LogP contribution in [0.1, 0.15) is 88.8 Å². The average Bonchev–Trinajstić information content (AvgIpc) is 4.11. The van der Waals surface area contributed by atoms with Crippen LogP contribution in [0.2, 0.25) is 0 Å². The molecule has 16 N–H and O–H groups in total. The van der Waals surface area contributed by atoms with Gasteiger partial charge in [-0.05, 0) is 31.7 Å². The fraction of sp³-hybridized carbons (Fsp3) is 0.537. The summed E-state index contributed by atoms with van der Waals surface area (Å²) in [6, 6.07) is -5.24. The first-order chi connectivity index (χ1) is 32.2. The van der Waals surface area contributed by atoms with E-state index in [1.165, 1.54) is 62.9 Å². The molecule has 68 heavy (non-hydrogen) atoms. The first kappa shape index (κ1) is 54.9. The summed E-state index contributed by atoms with van der Waals surface area (Å²) in [5.74, 6) is -4.83. The minimum atomic E-state index is -1.75. The van der Waals surface area contributed by atoms with Crippen LogP contribution in [0.15, 0.2) is 23.3 Å². The Balaban J connectivity index is 1.36. The highest BCUT2D eigenvalue weighted by Crippen LogP contribution is 2.26. The molecule has 4 aromatic rings. The number of nitrogens with one attached hydrogen (secondary N) is 7. The molecule has 0 spiro atoms. The minimum absolute atomic E-state index is 0.0388. The van der Waals surface area contributed by atoms with Crippen LogP contribution in [-0.4, -0.2) is 155 Å². The maximum atomic E-state index is 13.9. The number of carbonyl (C=O) groups is 6. The highest BCUT2D eigenvalue weighted by Gasteiger charge is 2.37. The van der Waals surface area contributed by atoms with Crippen LogP contribution in [0.25, 0.3) is 10.7 Å². The Morgan fingerprint density at radius 3 is 2.24 bits per heavy atom. The van der Waals surface area contributed by atoms with E-state index in [0.717, 1.165) is 12.2 Å². The van der Waals surface area contributed by atoms with E-state index in [1.54, 1.807) is 10.8 Å². The molecule has 0 unspecified atom stereocenters. The lowest BCUT2D eigenvalue weighted by Gasteiger charge is -2.30. The number of aliphatic hydroxyl groups is 3. The van der Waals surface area contributed by atoms with Crippen molar-refractivity contribution < 1.29 is 44.1 Å². The molecule has 0 bridgehead atoms. The van der Waals surface area contributed by atoms with E-state index < -0.39 is 77.9 Å². The van der Waals surface area contributed by atoms with Crippen molar-refractivity contribution in [3.05, 3.63) is 56.8 Å². The number of hydrogen-bond acceptors (Lipinski definition) is 19. The standard InChI is InChI=1S/C41H61N15O9S3/c1-19-29(53-35(56-34(19)44)23(14-27(43)58)46-12-9-42)39(64)55-31(33(60)24-15-45-18-49-24)40(65)50-21(3)32(59)20(2)36(61)54-30(22(4)57)38(63)48-11-8-28-51-26(17-66-28)41-52-25(16-67-41)37(62)47-10-7-13-68(5)6/h15-18,20-23,30-33,46,57,59-60H,7-14,42H2,1-6H3,(H9-,43,44,45,47,48,49,50,53,54,55,56,58,61,62,63,64,65)/p+1/t20-,21+,22+,23-,30-,31-,32-,33-/m0/s1. The molecule has 27 heteroatoms. The van der Waals surface area contributed by atoms with E-state index in [1.807, 2.05) is 0 Å². The van der Waals surface area contributed by atoms with Gasteiger partial charge in [0.05, 0.1) is 65.9 Å². The number of rotatable bonds is 27. The van der Waals surface area contributed by atoms with E-state index in [4.69, 9.17) is 17.2 Å².